The maximum absolute atomic E-state index is 12.7. The van der Waals surface area contributed by atoms with Gasteiger partial charge >= 0.3 is 0 Å². The van der Waals surface area contributed by atoms with Crippen molar-refractivity contribution >= 4 is 45.3 Å². The Kier molecular flexibility index (Phi) is 4.99. The molecule has 0 saturated carbocycles. The van der Waals surface area contributed by atoms with Gasteiger partial charge in [-0.05, 0) is 43.3 Å². The zero-order valence-corrected chi connectivity index (χ0v) is 18.9. The number of rotatable bonds is 6. The lowest BCUT2D eigenvalue weighted by Crippen LogP contribution is -2.28. The number of furan rings is 1. The third kappa shape index (κ3) is 3.57. The molecule has 0 radical (unpaired) electrons. The number of benzene rings is 2. The van der Waals surface area contributed by atoms with Gasteiger partial charge in [-0.3, -0.25) is 9.20 Å². The van der Waals surface area contributed by atoms with Crippen LogP contribution in [0.25, 0.3) is 39.2 Å². The summed E-state index contributed by atoms with van der Waals surface area (Å²) in [7, 11) is 0. The van der Waals surface area contributed by atoms with Gasteiger partial charge in [0.25, 0.3) is 0 Å². The lowest BCUT2D eigenvalue weighted by molar-refractivity contribution is -0.119. The quantitative estimate of drug-likeness (QED) is 0.348. The summed E-state index contributed by atoms with van der Waals surface area (Å²) in [5, 5.41) is 13.2. The topological polar surface area (TPSA) is 114 Å². The van der Waals surface area contributed by atoms with Gasteiger partial charge < -0.3 is 14.7 Å². The summed E-state index contributed by atoms with van der Waals surface area (Å²) >= 11 is 1.29. The number of imidazole rings is 1. The molecular weight excluding hydrogens is 450 g/mol. The molecule has 2 aromatic carbocycles. The number of para-hydroxylation sites is 3. The van der Waals surface area contributed by atoms with Crippen molar-refractivity contribution in [1.29, 1.82) is 0 Å². The first-order valence-electron chi connectivity index (χ1n) is 10.7. The normalized spacial score (nSPS) is 12.5. The predicted molar refractivity (Wildman–Crippen MR) is 129 cm³/mol. The summed E-state index contributed by atoms with van der Waals surface area (Å²) in [5.74, 6) is 1.92. The van der Waals surface area contributed by atoms with Gasteiger partial charge in [-0.25, -0.2) is 9.97 Å². The minimum Gasteiger partial charge on any atom is -0.461 e. The molecule has 6 aromatic rings. The van der Waals surface area contributed by atoms with Crippen LogP contribution in [0.1, 0.15) is 18.8 Å². The molecule has 1 amide bonds. The molecule has 34 heavy (non-hydrogen) atoms. The van der Waals surface area contributed by atoms with Crippen LogP contribution in [0.15, 0.2) is 76.5 Å². The molecule has 168 valence electrons. The average Bonchev–Trinajstić information content (AvgIpc) is 3.62. The first kappa shape index (κ1) is 20.4. The molecule has 6 rings (SSSR count). The number of hydrogen-bond acceptors (Lipinski definition) is 7. The molecule has 4 heterocycles. The third-order valence-corrected chi connectivity index (χ3v) is 6.41. The fourth-order valence-corrected chi connectivity index (χ4v) is 4.63. The van der Waals surface area contributed by atoms with Crippen molar-refractivity contribution in [3.63, 3.8) is 0 Å². The highest BCUT2D eigenvalue weighted by molar-refractivity contribution is 7.99. The molecule has 0 aliphatic rings. The molecule has 0 bridgehead atoms. The summed E-state index contributed by atoms with van der Waals surface area (Å²) in [6.45, 7) is 1.90. The lowest BCUT2D eigenvalue weighted by atomic mass is 10.2. The van der Waals surface area contributed by atoms with Crippen LogP contribution in [0.2, 0.25) is 0 Å². The molecule has 1 atom stereocenters. The van der Waals surface area contributed by atoms with Gasteiger partial charge in [0.05, 0.1) is 34.6 Å². The van der Waals surface area contributed by atoms with Crippen molar-refractivity contribution in [2.45, 2.75) is 18.1 Å². The maximum atomic E-state index is 12.7. The summed E-state index contributed by atoms with van der Waals surface area (Å²) in [5.41, 5.74) is 3.26. The van der Waals surface area contributed by atoms with Gasteiger partial charge in [0.1, 0.15) is 5.82 Å². The number of amides is 1. The standard InChI is InChI=1S/C24H19N7O2S/c1-14(21-26-17-9-4-5-10-18(17)27-21)25-20(32)13-34-24-30-29-22-15-7-2-3-8-16(15)28-23(31(22)24)19-11-6-12-33-19/h2-12,14H,13H2,1H3,(H,25,32)(H,26,27)/t14-/m0/s1. The van der Waals surface area contributed by atoms with E-state index in [1.165, 1.54) is 11.8 Å². The number of carbonyl (C=O) groups excluding carboxylic acids is 1. The van der Waals surface area contributed by atoms with Crippen LogP contribution < -0.4 is 5.32 Å². The number of nitrogens with one attached hydrogen (secondary N) is 2. The fourth-order valence-electron chi connectivity index (χ4n) is 3.88. The van der Waals surface area contributed by atoms with Gasteiger partial charge in [-0.15, -0.1) is 10.2 Å². The number of thioether (sulfide) groups is 1. The zero-order chi connectivity index (χ0) is 23.1. The van der Waals surface area contributed by atoms with Crippen LogP contribution in [0.5, 0.6) is 0 Å². The van der Waals surface area contributed by atoms with Crippen LogP contribution in [0.4, 0.5) is 0 Å². The predicted octanol–water partition coefficient (Wildman–Crippen LogP) is 4.38. The van der Waals surface area contributed by atoms with Crippen LogP contribution in [0, 0.1) is 0 Å². The second-order valence-corrected chi connectivity index (χ2v) is 8.73. The van der Waals surface area contributed by atoms with Crippen LogP contribution in [-0.2, 0) is 4.79 Å². The van der Waals surface area contributed by atoms with Crippen LogP contribution in [0.3, 0.4) is 0 Å². The summed E-state index contributed by atoms with van der Waals surface area (Å²) in [6, 6.07) is 18.9. The van der Waals surface area contributed by atoms with E-state index in [-0.39, 0.29) is 17.7 Å². The van der Waals surface area contributed by atoms with Crippen molar-refractivity contribution in [3.05, 3.63) is 72.8 Å². The first-order chi connectivity index (χ1) is 16.7. The van der Waals surface area contributed by atoms with Crippen LogP contribution in [-0.4, -0.2) is 41.2 Å². The number of fused-ring (bicyclic) bond motifs is 4. The SMILES string of the molecule is C[C@H](NC(=O)CSc1nnc2c3ccccc3nc(-c3ccco3)n12)c1nc2ccccc2[nH]1. The highest BCUT2D eigenvalue weighted by atomic mass is 32.2. The van der Waals surface area contributed by atoms with E-state index in [0.717, 1.165) is 21.9 Å². The number of aromatic nitrogens is 6. The van der Waals surface area contributed by atoms with E-state index in [1.807, 2.05) is 72.0 Å². The highest BCUT2D eigenvalue weighted by Gasteiger charge is 2.20. The van der Waals surface area contributed by atoms with Crippen molar-refractivity contribution in [1.82, 2.24) is 34.9 Å². The molecule has 0 aliphatic carbocycles. The van der Waals surface area contributed by atoms with Crippen molar-refractivity contribution in [3.8, 4) is 11.6 Å². The molecule has 2 N–H and O–H groups in total. The monoisotopic (exact) mass is 469 g/mol. The Bertz CT molecular complexity index is 1600. The maximum Gasteiger partial charge on any atom is 0.231 e. The van der Waals surface area contributed by atoms with E-state index in [2.05, 4.69) is 25.5 Å². The molecule has 10 heteroatoms. The van der Waals surface area contributed by atoms with Crippen molar-refractivity contribution < 1.29 is 9.21 Å². The summed E-state index contributed by atoms with van der Waals surface area (Å²) < 4.78 is 7.45. The molecular formula is C24H19N7O2S. The van der Waals surface area contributed by atoms with E-state index >= 15 is 0 Å². The number of H-pyrrole nitrogens is 1. The Morgan fingerprint density at radius 2 is 1.88 bits per heavy atom. The molecule has 9 nitrogen and oxygen atoms in total. The molecule has 0 fully saturated rings. The number of nitrogens with zero attached hydrogens (tertiary/aromatic N) is 5. The Balaban J connectivity index is 1.26. The zero-order valence-electron chi connectivity index (χ0n) is 18.1. The van der Waals surface area contributed by atoms with Gasteiger partial charge in [-0.2, -0.15) is 0 Å². The number of hydrogen-bond donors (Lipinski definition) is 2. The number of aromatic amines is 1. The summed E-state index contributed by atoms with van der Waals surface area (Å²) in [4.78, 5) is 25.3. The van der Waals surface area contributed by atoms with Gasteiger partial charge in [0, 0.05) is 5.39 Å². The van der Waals surface area contributed by atoms with E-state index in [1.54, 1.807) is 6.26 Å². The third-order valence-electron chi connectivity index (χ3n) is 5.49. The molecule has 0 spiro atoms. The van der Waals surface area contributed by atoms with Crippen LogP contribution >= 0.6 is 11.8 Å². The minimum atomic E-state index is -0.264. The Hall–Kier alpha value is -4.18. The van der Waals surface area contributed by atoms with E-state index < -0.39 is 0 Å². The molecule has 4 aromatic heterocycles. The molecule has 0 unspecified atom stereocenters. The second-order valence-electron chi connectivity index (χ2n) is 7.79. The average molecular weight is 470 g/mol. The minimum absolute atomic E-state index is 0.136. The van der Waals surface area contributed by atoms with Gasteiger partial charge in [-0.1, -0.05) is 36.0 Å². The van der Waals surface area contributed by atoms with Gasteiger partial charge in [0.15, 0.2) is 22.4 Å². The summed E-state index contributed by atoms with van der Waals surface area (Å²) in [6.07, 6.45) is 1.60. The van der Waals surface area contributed by atoms with Gasteiger partial charge in [0.2, 0.25) is 5.91 Å². The Morgan fingerprint density at radius 1 is 1.06 bits per heavy atom. The Morgan fingerprint density at radius 3 is 2.71 bits per heavy atom. The fraction of sp³-hybridized carbons (Fsp3) is 0.125. The van der Waals surface area contributed by atoms with Crippen molar-refractivity contribution in [2.24, 2.45) is 0 Å². The van der Waals surface area contributed by atoms with E-state index in [9.17, 15) is 4.79 Å². The largest absolute Gasteiger partial charge is 0.461 e. The van der Waals surface area contributed by atoms with Crippen molar-refractivity contribution in [2.75, 3.05) is 5.75 Å². The molecule has 0 aliphatic heterocycles. The number of carbonyl (C=O) groups is 1. The molecule has 0 saturated heterocycles. The Labute approximate surface area is 197 Å². The lowest BCUT2D eigenvalue weighted by Gasteiger charge is -2.11. The van der Waals surface area contributed by atoms with E-state index in [0.29, 0.717) is 28.2 Å². The smallest absolute Gasteiger partial charge is 0.231 e. The first-order valence-corrected chi connectivity index (χ1v) is 11.7. The highest BCUT2D eigenvalue weighted by Crippen LogP contribution is 2.29. The second kappa shape index (κ2) is 8.31. The van der Waals surface area contributed by atoms with E-state index in [4.69, 9.17) is 9.40 Å².